The zero-order valence-corrected chi connectivity index (χ0v) is 17.0. The Hall–Kier alpha value is -3.28. The molecule has 0 aromatic heterocycles. The van der Waals surface area contributed by atoms with E-state index in [2.05, 4.69) is 0 Å². The Bertz CT molecular complexity index is 1010. The average molecular weight is 430 g/mol. The highest BCUT2D eigenvalue weighted by Gasteiger charge is 2.35. The Morgan fingerprint density at radius 1 is 0.903 bits per heavy atom. The molecule has 0 radical (unpaired) electrons. The number of hydrogen-bond donors (Lipinski definition) is 0. The molecule has 31 heavy (non-hydrogen) atoms. The van der Waals surface area contributed by atoms with E-state index in [1.165, 1.54) is 30.3 Å². The molecule has 0 atom stereocenters. The molecule has 162 valence electrons. The Morgan fingerprint density at radius 3 is 2.23 bits per heavy atom. The second kappa shape index (κ2) is 10.2. The fourth-order valence-electron chi connectivity index (χ4n) is 2.99. The molecule has 0 amide bonds. The number of para-hydroxylation sites is 1. The van der Waals surface area contributed by atoms with Crippen LogP contribution in [0, 0.1) is 5.82 Å². The fourth-order valence-corrected chi connectivity index (χ4v) is 2.99. The molecule has 0 unspecified atom stereocenters. The van der Waals surface area contributed by atoms with Gasteiger partial charge in [-0.2, -0.15) is 13.2 Å². The van der Waals surface area contributed by atoms with Crippen molar-refractivity contribution in [2.75, 3.05) is 0 Å². The van der Waals surface area contributed by atoms with Gasteiger partial charge in [0.25, 0.3) is 0 Å². The standard InChI is InChI=1S/C25H22F4O2/c1-2-6-18-9-12-20(13-10-18)22(25(27,28)29)17-30-16-19-11-14-23(26)24(15-19)31-21-7-4-3-5-8-21/h3-5,7-15,17H,2,6,16H2,1H3. The van der Waals surface area contributed by atoms with E-state index in [4.69, 9.17) is 9.47 Å². The molecule has 2 nitrogen and oxygen atoms in total. The molecule has 3 rings (SSSR count). The first-order valence-corrected chi connectivity index (χ1v) is 9.86. The summed E-state index contributed by atoms with van der Waals surface area (Å²) < 4.78 is 65.3. The monoisotopic (exact) mass is 430 g/mol. The lowest BCUT2D eigenvalue weighted by molar-refractivity contribution is -0.0704. The summed E-state index contributed by atoms with van der Waals surface area (Å²) in [5.41, 5.74) is 0.604. The van der Waals surface area contributed by atoms with Crippen LogP contribution < -0.4 is 4.74 Å². The SMILES string of the molecule is CCCc1ccc(C(=COCc2ccc(F)c(Oc3ccccc3)c2)C(F)(F)F)cc1. The summed E-state index contributed by atoms with van der Waals surface area (Å²) in [7, 11) is 0. The summed E-state index contributed by atoms with van der Waals surface area (Å²) >= 11 is 0. The second-order valence-corrected chi connectivity index (χ2v) is 6.97. The largest absolute Gasteiger partial charge is 0.496 e. The zero-order valence-electron chi connectivity index (χ0n) is 17.0. The third-order valence-corrected chi connectivity index (χ3v) is 4.53. The molecule has 6 heteroatoms. The molecule has 0 N–H and O–H groups in total. The molecule has 0 saturated heterocycles. The van der Waals surface area contributed by atoms with Crippen LogP contribution in [0.15, 0.2) is 79.1 Å². The molecule has 0 bridgehead atoms. The Labute approximate surface area is 178 Å². The van der Waals surface area contributed by atoms with E-state index < -0.39 is 17.6 Å². The maximum Gasteiger partial charge on any atom is 0.419 e. The first-order valence-electron chi connectivity index (χ1n) is 9.86. The van der Waals surface area contributed by atoms with Gasteiger partial charge in [0.05, 0.1) is 11.8 Å². The van der Waals surface area contributed by atoms with E-state index in [-0.39, 0.29) is 17.9 Å². The van der Waals surface area contributed by atoms with Crippen LogP contribution in [0.25, 0.3) is 5.57 Å². The molecule has 3 aromatic rings. The summed E-state index contributed by atoms with van der Waals surface area (Å²) in [4.78, 5) is 0. The van der Waals surface area contributed by atoms with Gasteiger partial charge in [-0.25, -0.2) is 4.39 Å². The smallest absolute Gasteiger partial charge is 0.419 e. The summed E-state index contributed by atoms with van der Waals surface area (Å²) in [5, 5.41) is 0. The lowest BCUT2D eigenvalue weighted by Gasteiger charge is -2.13. The van der Waals surface area contributed by atoms with Crippen LogP contribution in [-0.4, -0.2) is 6.18 Å². The summed E-state index contributed by atoms with van der Waals surface area (Å²) in [5.74, 6) is -0.157. The Balaban J connectivity index is 1.74. The van der Waals surface area contributed by atoms with Crippen molar-refractivity contribution in [3.05, 3.63) is 102 Å². The van der Waals surface area contributed by atoms with E-state index >= 15 is 0 Å². The molecule has 0 aliphatic heterocycles. The third-order valence-electron chi connectivity index (χ3n) is 4.53. The number of halogens is 4. The van der Waals surface area contributed by atoms with Crippen LogP contribution in [0.3, 0.4) is 0 Å². The van der Waals surface area contributed by atoms with Crippen molar-refractivity contribution >= 4 is 5.57 Å². The van der Waals surface area contributed by atoms with Crippen molar-refractivity contribution in [2.24, 2.45) is 0 Å². The number of alkyl halides is 3. The van der Waals surface area contributed by atoms with Gasteiger partial charge in [-0.15, -0.1) is 0 Å². The van der Waals surface area contributed by atoms with Crippen molar-refractivity contribution < 1.29 is 27.0 Å². The molecule has 0 aliphatic rings. The van der Waals surface area contributed by atoms with E-state index in [0.717, 1.165) is 18.4 Å². The predicted molar refractivity (Wildman–Crippen MR) is 112 cm³/mol. The van der Waals surface area contributed by atoms with Crippen LogP contribution >= 0.6 is 0 Å². The van der Waals surface area contributed by atoms with E-state index in [1.54, 1.807) is 42.5 Å². The minimum absolute atomic E-state index is 0.0274. The molecular formula is C25H22F4O2. The van der Waals surface area contributed by atoms with Crippen molar-refractivity contribution in [2.45, 2.75) is 32.5 Å². The lowest BCUT2D eigenvalue weighted by atomic mass is 10.0. The van der Waals surface area contributed by atoms with Gasteiger partial charge in [0.1, 0.15) is 12.4 Å². The quantitative estimate of drug-likeness (QED) is 0.269. The molecule has 0 aliphatic carbocycles. The van der Waals surface area contributed by atoms with E-state index in [0.29, 0.717) is 17.6 Å². The first kappa shape index (κ1) is 22.4. The lowest BCUT2D eigenvalue weighted by Crippen LogP contribution is -2.11. The van der Waals surface area contributed by atoms with Crippen molar-refractivity contribution in [3.63, 3.8) is 0 Å². The van der Waals surface area contributed by atoms with E-state index in [9.17, 15) is 17.6 Å². The van der Waals surface area contributed by atoms with Gasteiger partial charge >= 0.3 is 6.18 Å². The van der Waals surface area contributed by atoms with Crippen LogP contribution in [0.5, 0.6) is 11.5 Å². The molecule has 0 heterocycles. The average Bonchev–Trinajstić information content (AvgIpc) is 2.74. The minimum Gasteiger partial charge on any atom is -0.496 e. The summed E-state index contributed by atoms with van der Waals surface area (Å²) in [6, 6.07) is 18.9. The predicted octanol–water partition coefficient (Wildman–Crippen LogP) is 7.69. The van der Waals surface area contributed by atoms with Crippen molar-refractivity contribution in [1.29, 1.82) is 0 Å². The van der Waals surface area contributed by atoms with Crippen LogP contribution in [0.4, 0.5) is 17.6 Å². The van der Waals surface area contributed by atoms with Gasteiger partial charge in [-0.05, 0) is 47.4 Å². The second-order valence-electron chi connectivity index (χ2n) is 6.97. The highest BCUT2D eigenvalue weighted by molar-refractivity contribution is 5.68. The Kier molecular flexibility index (Phi) is 7.34. The summed E-state index contributed by atoms with van der Waals surface area (Å²) in [6.45, 7) is 1.84. The number of rotatable bonds is 8. The number of ether oxygens (including phenoxy) is 2. The topological polar surface area (TPSA) is 18.5 Å². The fraction of sp³-hybridized carbons (Fsp3) is 0.200. The number of benzene rings is 3. The molecule has 0 spiro atoms. The number of aryl methyl sites for hydroxylation is 1. The Morgan fingerprint density at radius 2 is 1.58 bits per heavy atom. The van der Waals surface area contributed by atoms with Crippen molar-refractivity contribution in [3.8, 4) is 11.5 Å². The van der Waals surface area contributed by atoms with Gasteiger partial charge in [-0.3, -0.25) is 0 Å². The normalized spacial score (nSPS) is 12.0. The number of hydrogen-bond acceptors (Lipinski definition) is 2. The summed E-state index contributed by atoms with van der Waals surface area (Å²) in [6.07, 6.45) is -2.15. The molecular weight excluding hydrogens is 408 g/mol. The van der Waals surface area contributed by atoms with Gasteiger partial charge in [0.2, 0.25) is 0 Å². The molecule has 0 fully saturated rings. The first-order chi connectivity index (χ1) is 14.9. The highest BCUT2D eigenvalue weighted by Crippen LogP contribution is 2.34. The third kappa shape index (κ3) is 6.35. The van der Waals surface area contributed by atoms with Crippen LogP contribution in [0.1, 0.15) is 30.0 Å². The van der Waals surface area contributed by atoms with Crippen LogP contribution in [0.2, 0.25) is 0 Å². The highest BCUT2D eigenvalue weighted by atomic mass is 19.4. The maximum atomic E-state index is 14.0. The van der Waals surface area contributed by atoms with Gasteiger partial charge < -0.3 is 9.47 Å². The van der Waals surface area contributed by atoms with Crippen molar-refractivity contribution in [1.82, 2.24) is 0 Å². The zero-order chi connectivity index (χ0) is 22.3. The van der Waals surface area contributed by atoms with Gasteiger partial charge in [-0.1, -0.05) is 61.9 Å². The molecule has 3 aromatic carbocycles. The number of allylic oxidation sites excluding steroid dienone is 1. The van der Waals surface area contributed by atoms with Crippen LogP contribution in [-0.2, 0) is 17.8 Å². The van der Waals surface area contributed by atoms with Gasteiger partial charge in [0, 0.05) is 0 Å². The maximum absolute atomic E-state index is 14.0. The van der Waals surface area contributed by atoms with Gasteiger partial charge in [0.15, 0.2) is 11.6 Å². The van der Waals surface area contributed by atoms with E-state index in [1.807, 2.05) is 6.92 Å². The minimum atomic E-state index is -4.57. The molecule has 0 saturated carbocycles.